The number of rotatable bonds is 3. The molecule has 4 heterocycles. The molecule has 182 valence electrons. The molecule has 0 aromatic carbocycles. The largest absolute Gasteiger partial charge is 0.357 e. The van der Waals surface area contributed by atoms with E-state index in [1.165, 1.54) is 9.47 Å². The van der Waals surface area contributed by atoms with Gasteiger partial charge in [-0.3, -0.25) is 19.1 Å². The van der Waals surface area contributed by atoms with Crippen LogP contribution in [-0.2, 0) is 21.7 Å². The molecule has 0 saturated carbocycles. The molecule has 3 aliphatic heterocycles. The third-order valence-electron chi connectivity index (χ3n) is 6.81. The van der Waals surface area contributed by atoms with Crippen LogP contribution >= 0.6 is 24.0 Å². The van der Waals surface area contributed by atoms with E-state index >= 15 is 0 Å². The summed E-state index contributed by atoms with van der Waals surface area (Å²) in [6.07, 6.45) is 3.18. The van der Waals surface area contributed by atoms with E-state index < -0.39 is 15.9 Å². The van der Waals surface area contributed by atoms with Gasteiger partial charge < -0.3 is 4.90 Å². The highest BCUT2D eigenvalue weighted by atomic mass is 32.2. The number of amides is 1. The first-order valence-electron chi connectivity index (χ1n) is 11.3. The van der Waals surface area contributed by atoms with Crippen LogP contribution in [0.4, 0.5) is 5.82 Å². The smallest absolute Gasteiger partial charge is 0.270 e. The molecule has 34 heavy (non-hydrogen) atoms. The van der Waals surface area contributed by atoms with Gasteiger partial charge in [-0.05, 0) is 43.2 Å². The Morgan fingerprint density at radius 1 is 1.21 bits per heavy atom. The molecular formula is C23H28N4O4S3. The second-order valence-corrected chi connectivity index (χ2v) is 13.6. The van der Waals surface area contributed by atoms with Crippen LogP contribution < -0.4 is 10.5 Å². The topological polar surface area (TPSA) is 103 Å². The quantitative estimate of drug-likeness (QED) is 0.442. The molecule has 3 atom stereocenters. The number of sulfone groups is 1. The lowest BCUT2D eigenvalue weighted by atomic mass is 9.91. The van der Waals surface area contributed by atoms with Crippen LogP contribution in [0.5, 0.6) is 0 Å². The lowest BCUT2D eigenvalue weighted by Crippen LogP contribution is -2.42. The molecule has 3 fully saturated rings. The fourth-order valence-electron chi connectivity index (χ4n) is 5.33. The monoisotopic (exact) mass is 520 g/mol. The first-order valence-corrected chi connectivity index (χ1v) is 14.3. The van der Waals surface area contributed by atoms with Gasteiger partial charge in [0, 0.05) is 25.7 Å². The zero-order valence-electron chi connectivity index (χ0n) is 19.7. The van der Waals surface area contributed by atoms with Crippen LogP contribution in [0.2, 0.25) is 0 Å². The molecule has 1 aromatic heterocycles. The maximum atomic E-state index is 13.3. The number of thioether (sulfide) groups is 1. The van der Waals surface area contributed by atoms with Crippen LogP contribution in [0.1, 0.15) is 43.4 Å². The minimum Gasteiger partial charge on any atom is -0.357 e. The average Bonchev–Trinajstić information content (AvgIpc) is 3.23. The number of aromatic nitrogens is 1. The number of hydrogen-bond acceptors (Lipinski definition) is 8. The van der Waals surface area contributed by atoms with Gasteiger partial charge in [0.2, 0.25) is 0 Å². The standard InChI is InChI=1S/C23H28N4O4S3/c1-13-7-14(2)11-26(10-13)20-17(15(3)18(9-24)21(28)25(20)4)8-19-22(29)27(23(32)33-19)16-5-6-34(30,31)12-16/h8,13-14,16H,5-7,10-12H2,1-4H3/b19-8+. The molecule has 0 spiro atoms. The zero-order chi connectivity index (χ0) is 24.9. The minimum absolute atomic E-state index is 0.0490. The van der Waals surface area contributed by atoms with Crippen molar-refractivity contribution < 1.29 is 13.2 Å². The number of carbonyl (C=O) groups excluding carboxylic acids is 1. The van der Waals surface area contributed by atoms with Gasteiger partial charge in [0.05, 0.1) is 22.5 Å². The Bertz CT molecular complexity index is 1300. The predicted molar refractivity (Wildman–Crippen MR) is 138 cm³/mol. The highest BCUT2D eigenvalue weighted by molar-refractivity contribution is 8.26. The van der Waals surface area contributed by atoms with Crippen LogP contribution in [0.15, 0.2) is 9.70 Å². The Labute approximate surface area is 209 Å². The highest BCUT2D eigenvalue weighted by Gasteiger charge is 2.42. The third kappa shape index (κ3) is 4.43. The minimum atomic E-state index is -3.18. The van der Waals surface area contributed by atoms with Crippen molar-refractivity contribution in [3.8, 4) is 6.07 Å². The van der Waals surface area contributed by atoms with Crippen LogP contribution in [-0.4, -0.2) is 58.7 Å². The number of nitriles is 1. The Balaban J connectivity index is 1.82. The summed E-state index contributed by atoms with van der Waals surface area (Å²) in [5.74, 6) is 1.20. The van der Waals surface area contributed by atoms with E-state index in [9.17, 15) is 23.3 Å². The van der Waals surface area contributed by atoms with E-state index in [-0.39, 0.29) is 28.5 Å². The molecule has 4 rings (SSSR count). The molecule has 0 bridgehead atoms. The van der Waals surface area contributed by atoms with Crippen molar-refractivity contribution >= 4 is 55.9 Å². The normalized spacial score (nSPS) is 28.1. The second kappa shape index (κ2) is 9.13. The van der Waals surface area contributed by atoms with Gasteiger partial charge in [-0.2, -0.15) is 5.26 Å². The number of nitrogens with zero attached hydrogens (tertiary/aromatic N) is 4. The van der Waals surface area contributed by atoms with E-state index in [0.29, 0.717) is 44.4 Å². The SMILES string of the molecule is Cc1c(/C=C2/SC(=S)N(C3CCS(=O)(=O)C3)C2=O)c(N2CC(C)CC(C)C2)n(C)c(=O)c1C#N. The molecule has 11 heteroatoms. The first-order chi connectivity index (χ1) is 15.9. The molecule has 8 nitrogen and oxygen atoms in total. The number of pyridine rings is 1. The number of piperidine rings is 1. The van der Waals surface area contributed by atoms with Crippen LogP contribution in [0.3, 0.4) is 0 Å². The summed E-state index contributed by atoms with van der Waals surface area (Å²) in [6.45, 7) is 7.63. The van der Waals surface area contributed by atoms with Crippen LogP contribution in [0, 0.1) is 30.1 Å². The first kappa shape index (κ1) is 24.9. The summed E-state index contributed by atoms with van der Waals surface area (Å²) in [5.41, 5.74) is 0.870. The number of anilines is 1. The number of hydrogen-bond donors (Lipinski definition) is 0. The molecule has 3 unspecified atom stereocenters. The summed E-state index contributed by atoms with van der Waals surface area (Å²) in [5, 5.41) is 9.67. The van der Waals surface area contributed by atoms with Gasteiger partial charge in [-0.15, -0.1) is 0 Å². The predicted octanol–water partition coefficient (Wildman–Crippen LogP) is 2.44. The molecule has 0 radical (unpaired) electrons. The summed E-state index contributed by atoms with van der Waals surface area (Å²) in [4.78, 5) is 30.3. The molecule has 0 aliphatic carbocycles. The lowest BCUT2D eigenvalue weighted by Gasteiger charge is -2.38. The lowest BCUT2D eigenvalue weighted by molar-refractivity contribution is -0.123. The van der Waals surface area contributed by atoms with Crippen molar-refractivity contribution in [1.82, 2.24) is 9.47 Å². The molecular weight excluding hydrogens is 492 g/mol. The van der Waals surface area contributed by atoms with E-state index in [0.717, 1.165) is 31.3 Å². The fourth-order valence-corrected chi connectivity index (χ4v) is 8.42. The Morgan fingerprint density at radius 2 is 1.85 bits per heavy atom. The number of carbonyl (C=O) groups is 1. The van der Waals surface area contributed by atoms with Gasteiger partial charge in [0.1, 0.15) is 21.8 Å². The fraction of sp³-hybridized carbons (Fsp3) is 0.565. The molecule has 0 N–H and O–H groups in total. The van der Waals surface area contributed by atoms with Crippen molar-refractivity contribution in [2.24, 2.45) is 18.9 Å². The average molecular weight is 521 g/mol. The van der Waals surface area contributed by atoms with Crippen molar-refractivity contribution in [2.75, 3.05) is 29.5 Å². The van der Waals surface area contributed by atoms with Crippen molar-refractivity contribution in [1.29, 1.82) is 5.26 Å². The Hall–Kier alpha value is -2.16. The van der Waals surface area contributed by atoms with Crippen molar-refractivity contribution in [3.05, 3.63) is 31.9 Å². The van der Waals surface area contributed by atoms with Crippen molar-refractivity contribution in [3.63, 3.8) is 0 Å². The summed E-state index contributed by atoms with van der Waals surface area (Å²) in [6, 6.07) is 1.57. The second-order valence-electron chi connectivity index (χ2n) is 9.67. The van der Waals surface area contributed by atoms with E-state index in [1.807, 2.05) is 6.07 Å². The van der Waals surface area contributed by atoms with Gasteiger partial charge in [-0.1, -0.05) is 37.8 Å². The Morgan fingerprint density at radius 3 is 2.41 bits per heavy atom. The molecule has 1 amide bonds. The zero-order valence-corrected chi connectivity index (χ0v) is 22.1. The molecule has 3 saturated heterocycles. The highest BCUT2D eigenvalue weighted by Crippen LogP contribution is 2.39. The van der Waals surface area contributed by atoms with Gasteiger partial charge >= 0.3 is 0 Å². The third-order valence-corrected chi connectivity index (χ3v) is 9.89. The van der Waals surface area contributed by atoms with E-state index in [2.05, 4.69) is 18.7 Å². The van der Waals surface area contributed by atoms with Gasteiger partial charge in [0.25, 0.3) is 11.5 Å². The Kier molecular flexibility index (Phi) is 6.70. The maximum Gasteiger partial charge on any atom is 0.270 e. The summed E-state index contributed by atoms with van der Waals surface area (Å²) >= 11 is 6.59. The maximum absolute atomic E-state index is 13.3. The van der Waals surface area contributed by atoms with Crippen molar-refractivity contribution in [2.45, 2.75) is 39.7 Å². The van der Waals surface area contributed by atoms with Crippen LogP contribution in [0.25, 0.3) is 6.08 Å². The molecule has 3 aliphatic rings. The summed E-state index contributed by atoms with van der Waals surface area (Å²) in [7, 11) is -1.52. The van der Waals surface area contributed by atoms with Gasteiger partial charge in [-0.25, -0.2) is 8.42 Å². The van der Waals surface area contributed by atoms with Gasteiger partial charge in [0.15, 0.2) is 9.84 Å². The summed E-state index contributed by atoms with van der Waals surface area (Å²) < 4.78 is 25.8. The van der Waals surface area contributed by atoms with E-state index in [1.54, 1.807) is 20.0 Å². The molecule has 1 aromatic rings. The number of thiocarbonyl (C=S) groups is 1. The van der Waals surface area contributed by atoms with E-state index in [4.69, 9.17) is 12.2 Å².